The van der Waals surface area contributed by atoms with Crippen LogP contribution < -0.4 is 5.32 Å². The Balaban J connectivity index is 1.84. The van der Waals surface area contributed by atoms with E-state index >= 15 is 0 Å². The minimum atomic E-state index is 0.496. The Morgan fingerprint density at radius 3 is 2.81 bits per heavy atom. The van der Waals surface area contributed by atoms with Crippen molar-refractivity contribution in [2.24, 2.45) is 0 Å². The van der Waals surface area contributed by atoms with Crippen LogP contribution in [-0.4, -0.2) is 22.9 Å². The second kappa shape index (κ2) is 6.63. The first-order valence-corrected chi connectivity index (χ1v) is 8.14. The van der Waals surface area contributed by atoms with Gasteiger partial charge in [0.15, 0.2) is 0 Å². The monoisotopic (exact) mass is 303 g/mol. The number of halogens is 1. The molecule has 0 amide bonds. The Morgan fingerprint density at radius 2 is 2.05 bits per heavy atom. The largest absolute Gasteiger partial charge is 0.316 e. The number of aryl methyl sites for hydroxylation is 1. The molecule has 0 bridgehead atoms. The van der Waals surface area contributed by atoms with Crippen LogP contribution in [0.5, 0.6) is 0 Å². The number of hydrogen-bond acceptors (Lipinski definition) is 2. The Hall–Kier alpha value is -1.32. The van der Waals surface area contributed by atoms with Gasteiger partial charge in [-0.3, -0.25) is 4.68 Å². The van der Waals surface area contributed by atoms with Crippen molar-refractivity contribution in [1.29, 1.82) is 0 Å². The van der Waals surface area contributed by atoms with Crippen LogP contribution in [-0.2, 0) is 6.54 Å². The fraction of sp³-hybridized carbons (Fsp3) is 0.471. The molecule has 3 nitrogen and oxygen atoms in total. The van der Waals surface area contributed by atoms with Crippen LogP contribution in [0.4, 0.5) is 0 Å². The summed E-state index contributed by atoms with van der Waals surface area (Å²) < 4.78 is 2.07. The van der Waals surface area contributed by atoms with Crippen LogP contribution in [0.3, 0.4) is 0 Å². The molecule has 2 aromatic rings. The van der Waals surface area contributed by atoms with Crippen LogP contribution in [0.15, 0.2) is 36.7 Å². The Bertz CT molecular complexity index is 576. The van der Waals surface area contributed by atoms with Gasteiger partial charge in [0.1, 0.15) is 0 Å². The van der Waals surface area contributed by atoms with Crippen molar-refractivity contribution in [1.82, 2.24) is 15.1 Å². The zero-order chi connectivity index (χ0) is 14.7. The van der Waals surface area contributed by atoms with E-state index in [2.05, 4.69) is 46.5 Å². The van der Waals surface area contributed by atoms with Crippen molar-refractivity contribution in [3.8, 4) is 0 Å². The van der Waals surface area contributed by atoms with Crippen molar-refractivity contribution in [3.05, 3.63) is 52.8 Å². The van der Waals surface area contributed by atoms with Crippen LogP contribution in [0.2, 0.25) is 5.02 Å². The highest BCUT2D eigenvalue weighted by molar-refractivity contribution is 6.30. The molecule has 2 unspecified atom stereocenters. The highest BCUT2D eigenvalue weighted by Crippen LogP contribution is 2.37. The lowest BCUT2D eigenvalue weighted by atomic mass is 9.78. The second-order valence-electron chi connectivity index (χ2n) is 5.79. The summed E-state index contributed by atoms with van der Waals surface area (Å²) in [4.78, 5) is 0. The highest BCUT2D eigenvalue weighted by atomic mass is 35.5. The summed E-state index contributed by atoms with van der Waals surface area (Å²) in [6.07, 6.45) is 6.55. The van der Waals surface area contributed by atoms with Gasteiger partial charge in [-0.05, 0) is 48.6 Å². The number of aromatic nitrogens is 2. The number of benzene rings is 1. The maximum atomic E-state index is 6.01. The van der Waals surface area contributed by atoms with Crippen LogP contribution in [0.1, 0.15) is 42.7 Å². The lowest BCUT2D eigenvalue weighted by molar-refractivity contribution is 0.404. The molecular formula is C17H22ClN3. The fourth-order valence-electron chi connectivity index (χ4n) is 3.24. The summed E-state index contributed by atoms with van der Waals surface area (Å²) in [7, 11) is 0. The molecule has 4 heteroatoms. The smallest absolute Gasteiger partial charge is 0.0524 e. The lowest BCUT2D eigenvalue weighted by Gasteiger charge is -2.32. The summed E-state index contributed by atoms with van der Waals surface area (Å²) >= 11 is 6.01. The molecule has 3 rings (SSSR count). The molecule has 0 radical (unpaired) electrons. The summed E-state index contributed by atoms with van der Waals surface area (Å²) in [5, 5.41) is 8.82. The van der Waals surface area contributed by atoms with E-state index in [0.29, 0.717) is 11.8 Å². The minimum Gasteiger partial charge on any atom is -0.316 e. The van der Waals surface area contributed by atoms with E-state index < -0.39 is 0 Å². The molecule has 1 aliphatic rings. The Morgan fingerprint density at radius 1 is 1.24 bits per heavy atom. The van der Waals surface area contributed by atoms with Gasteiger partial charge in [0.25, 0.3) is 0 Å². The molecule has 2 heterocycles. The molecule has 1 aromatic heterocycles. The maximum absolute atomic E-state index is 6.01. The molecule has 1 fully saturated rings. The first kappa shape index (κ1) is 14.6. The molecule has 21 heavy (non-hydrogen) atoms. The molecule has 1 aromatic carbocycles. The zero-order valence-corrected chi connectivity index (χ0v) is 13.2. The minimum absolute atomic E-state index is 0.496. The number of nitrogens with zero attached hydrogens (tertiary/aromatic N) is 2. The first-order chi connectivity index (χ1) is 10.3. The van der Waals surface area contributed by atoms with Crippen molar-refractivity contribution in [2.75, 3.05) is 13.1 Å². The molecule has 112 valence electrons. The third kappa shape index (κ3) is 3.30. The number of piperidine rings is 1. The van der Waals surface area contributed by atoms with Gasteiger partial charge >= 0.3 is 0 Å². The number of nitrogens with one attached hydrogen (secondary N) is 1. The summed E-state index contributed by atoms with van der Waals surface area (Å²) in [6, 6.07) is 8.29. The standard InChI is InChI=1S/C17H22ClN3/c1-2-9-21-12-14(10-20-21)16-7-8-19-11-17(16)13-3-5-15(18)6-4-13/h3-6,10,12,16-17,19H,2,7-9,11H2,1H3. The topological polar surface area (TPSA) is 29.9 Å². The van der Waals surface area contributed by atoms with Crippen molar-refractivity contribution in [3.63, 3.8) is 0 Å². The Kier molecular flexibility index (Phi) is 4.61. The fourth-order valence-corrected chi connectivity index (χ4v) is 3.37. The van der Waals surface area contributed by atoms with Gasteiger partial charge in [0, 0.05) is 30.2 Å². The van der Waals surface area contributed by atoms with Crippen molar-refractivity contribution >= 4 is 11.6 Å². The average molecular weight is 304 g/mol. The third-order valence-corrected chi connectivity index (χ3v) is 4.57. The summed E-state index contributed by atoms with van der Waals surface area (Å²) in [5.74, 6) is 1.04. The van der Waals surface area contributed by atoms with Gasteiger partial charge in [-0.15, -0.1) is 0 Å². The molecule has 2 atom stereocenters. The second-order valence-corrected chi connectivity index (χ2v) is 6.23. The van der Waals surface area contributed by atoms with Gasteiger partial charge in [-0.1, -0.05) is 30.7 Å². The SMILES string of the molecule is CCCn1cc(C2CCNCC2c2ccc(Cl)cc2)cn1. The first-order valence-electron chi connectivity index (χ1n) is 7.76. The van der Waals surface area contributed by atoms with Gasteiger partial charge < -0.3 is 5.32 Å². The normalized spacial score (nSPS) is 22.4. The van der Waals surface area contributed by atoms with E-state index in [4.69, 9.17) is 11.6 Å². The predicted molar refractivity (Wildman–Crippen MR) is 86.9 cm³/mol. The quantitative estimate of drug-likeness (QED) is 0.931. The van der Waals surface area contributed by atoms with E-state index in [1.807, 2.05) is 12.1 Å². The van der Waals surface area contributed by atoms with Crippen molar-refractivity contribution < 1.29 is 0 Å². The molecule has 0 saturated carbocycles. The van der Waals surface area contributed by atoms with Crippen LogP contribution >= 0.6 is 11.6 Å². The van der Waals surface area contributed by atoms with E-state index in [1.54, 1.807) is 0 Å². The highest BCUT2D eigenvalue weighted by Gasteiger charge is 2.28. The van der Waals surface area contributed by atoms with Crippen LogP contribution in [0, 0.1) is 0 Å². The number of rotatable bonds is 4. The van der Waals surface area contributed by atoms with E-state index in [-0.39, 0.29) is 0 Å². The predicted octanol–water partition coefficient (Wildman–Crippen LogP) is 3.81. The number of hydrogen-bond donors (Lipinski definition) is 1. The van der Waals surface area contributed by atoms with E-state index in [9.17, 15) is 0 Å². The molecule has 0 spiro atoms. The average Bonchev–Trinajstić information content (AvgIpc) is 2.97. The molecule has 1 saturated heterocycles. The molecule has 1 aliphatic heterocycles. The van der Waals surface area contributed by atoms with E-state index in [0.717, 1.165) is 37.5 Å². The van der Waals surface area contributed by atoms with Gasteiger partial charge in [0.2, 0.25) is 0 Å². The molecule has 0 aliphatic carbocycles. The summed E-state index contributed by atoms with van der Waals surface area (Å²) in [6.45, 7) is 5.28. The molecule has 1 N–H and O–H groups in total. The Labute approximate surface area is 131 Å². The van der Waals surface area contributed by atoms with Gasteiger partial charge in [-0.2, -0.15) is 5.10 Å². The van der Waals surface area contributed by atoms with Gasteiger partial charge in [0.05, 0.1) is 6.20 Å². The maximum Gasteiger partial charge on any atom is 0.0524 e. The summed E-state index contributed by atoms with van der Waals surface area (Å²) in [5.41, 5.74) is 2.73. The van der Waals surface area contributed by atoms with Gasteiger partial charge in [-0.25, -0.2) is 0 Å². The zero-order valence-electron chi connectivity index (χ0n) is 12.4. The third-order valence-electron chi connectivity index (χ3n) is 4.31. The van der Waals surface area contributed by atoms with Crippen LogP contribution in [0.25, 0.3) is 0 Å². The van der Waals surface area contributed by atoms with Crippen molar-refractivity contribution in [2.45, 2.75) is 38.1 Å². The van der Waals surface area contributed by atoms with E-state index in [1.165, 1.54) is 11.1 Å². The lowest BCUT2D eigenvalue weighted by Crippen LogP contribution is -2.33. The molecular weight excluding hydrogens is 282 g/mol.